The molecule has 0 aliphatic carbocycles. The van der Waals surface area contributed by atoms with Crippen molar-refractivity contribution in [2.24, 2.45) is 0 Å². The highest BCUT2D eigenvalue weighted by Gasteiger charge is 2.30. The molecule has 1 aliphatic rings. The van der Waals surface area contributed by atoms with Crippen LogP contribution >= 0.6 is 11.6 Å². The topological polar surface area (TPSA) is 40.5 Å². The van der Waals surface area contributed by atoms with Crippen molar-refractivity contribution in [2.75, 3.05) is 0 Å². The number of ether oxygens (including phenoxy) is 2. The zero-order chi connectivity index (χ0) is 22.2. The van der Waals surface area contributed by atoms with Crippen LogP contribution in [0.3, 0.4) is 0 Å². The Morgan fingerprint density at radius 1 is 1.06 bits per heavy atom. The van der Waals surface area contributed by atoms with Crippen LogP contribution in [-0.2, 0) is 13.2 Å². The second kappa shape index (κ2) is 8.21. The highest BCUT2D eigenvalue weighted by Crippen LogP contribution is 2.40. The minimum Gasteiger partial charge on any atom is -0.488 e. The maximum absolute atomic E-state index is 13.0. The van der Waals surface area contributed by atoms with Gasteiger partial charge >= 0.3 is 0 Å². The van der Waals surface area contributed by atoms with Gasteiger partial charge in [-0.3, -0.25) is 4.79 Å². The van der Waals surface area contributed by atoms with Crippen molar-refractivity contribution >= 4 is 34.4 Å². The molecule has 0 saturated carbocycles. The molecule has 0 unspecified atom stereocenters. The van der Waals surface area contributed by atoms with Crippen LogP contribution < -0.4 is 9.47 Å². The van der Waals surface area contributed by atoms with Crippen LogP contribution in [0.4, 0.5) is 0 Å². The fraction of sp³-hybridized carbons (Fsp3) is 0.148. The Labute approximate surface area is 191 Å². The van der Waals surface area contributed by atoms with Gasteiger partial charge in [0.2, 0.25) is 5.78 Å². The van der Waals surface area contributed by atoms with Gasteiger partial charge in [-0.15, -0.1) is 0 Å². The molecular weight excluding hydrogens is 422 g/mol. The Bertz CT molecular complexity index is 1370. The van der Waals surface area contributed by atoms with Crippen LogP contribution in [-0.4, -0.2) is 10.4 Å². The first-order valence-corrected chi connectivity index (χ1v) is 11.0. The van der Waals surface area contributed by atoms with Crippen LogP contribution in [0.15, 0.2) is 72.6 Å². The highest BCUT2D eigenvalue weighted by atomic mass is 35.5. The standard InChI is InChI=1S/C27H22ClNO3/c1-3-29-15-19(21-6-4-5-7-23(21)29)14-25-26(30)22-12-13-24(17(2)27(22)32-25)31-16-18-8-10-20(28)11-9-18/h4-15H,3,16H2,1-2H3/b25-14+. The lowest BCUT2D eigenvalue weighted by Gasteiger charge is -2.11. The number of ketones is 1. The zero-order valence-corrected chi connectivity index (χ0v) is 18.6. The van der Waals surface area contributed by atoms with Gasteiger partial charge in [0.15, 0.2) is 5.76 Å². The number of carbonyl (C=O) groups excluding carboxylic acids is 1. The van der Waals surface area contributed by atoms with Crippen molar-refractivity contribution < 1.29 is 14.3 Å². The van der Waals surface area contributed by atoms with Crippen LogP contribution in [0.25, 0.3) is 17.0 Å². The molecule has 3 aromatic carbocycles. The number of hydrogen-bond acceptors (Lipinski definition) is 3. The van der Waals surface area contributed by atoms with E-state index in [0.29, 0.717) is 34.5 Å². The van der Waals surface area contributed by atoms with E-state index in [-0.39, 0.29) is 5.78 Å². The second-order valence-electron chi connectivity index (χ2n) is 7.81. The molecule has 1 aromatic heterocycles. The van der Waals surface area contributed by atoms with Gasteiger partial charge in [0, 0.05) is 39.8 Å². The number of nitrogens with zero attached hydrogens (tertiary/aromatic N) is 1. The third-order valence-electron chi connectivity index (χ3n) is 5.79. The van der Waals surface area contributed by atoms with E-state index in [2.05, 4.69) is 29.8 Å². The molecule has 0 saturated heterocycles. The minimum absolute atomic E-state index is 0.110. The molecule has 4 aromatic rings. The van der Waals surface area contributed by atoms with Crippen molar-refractivity contribution in [3.63, 3.8) is 0 Å². The first-order valence-electron chi connectivity index (χ1n) is 10.6. The second-order valence-corrected chi connectivity index (χ2v) is 8.24. The van der Waals surface area contributed by atoms with Gasteiger partial charge in [-0.1, -0.05) is 41.9 Å². The predicted molar refractivity (Wildman–Crippen MR) is 128 cm³/mol. The van der Waals surface area contributed by atoms with Crippen molar-refractivity contribution in [3.05, 3.63) is 99.9 Å². The van der Waals surface area contributed by atoms with E-state index in [1.54, 1.807) is 6.07 Å². The number of para-hydroxylation sites is 1. The summed E-state index contributed by atoms with van der Waals surface area (Å²) in [5.41, 5.74) is 4.49. The molecule has 0 radical (unpaired) electrons. The van der Waals surface area contributed by atoms with Crippen molar-refractivity contribution in [3.8, 4) is 11.5 Å². The molecular formula is C27H22ClNO3. The lowest BCUT2D eigenvalue weighted by atomic mass is 10.1. The predicted octanol–water partition coefficient (Wildman–Crippen LogP) is 6.82. The van der Waals surface area contributed by atoms with Crippen LogP contribution in [0.2, 0.25) is 5.02 Å². The van der Waals surface area contributed by atoms with Gasteiger partial charge < -0.3 is 14.0 Å². The molecule has 5 heteroatoms. The molecule has 0 atom stereocenters. The lowest BCUT2D eigenvalue weighted by Crippen LogP contribution is -1.98. The number of fused-ring (bicyclic) bond motifs is 2. The van der Waals surface area contributed by atoms with Crippen LogP contribution in [0, 0.1) is 6.92 Å². The number of aryl methyl sites for hydroxylation is 1. The van der Waals surface area contributed by atoms with E-state index in [0.717, 1.165) is 34.1 Å². The summed E-state index contributed by atoms with van der Waals surface area (Å²) in [5.74, 6) is 1.47. The zero-order valence-electron chi connectivity index (χ0n) is 17.9. The average Bonchev–Trinajstić information content (AvgIpc) is 3.33. The Morgan fingerprint density at radius 2 is 1.84 bits per heavy atom. The Hall–Kier alpha value is -3.50. The van der Waals surface area contributed by atoms with Gasteiger partial charge in [-0.2, -0.15) is 0 Å². The number of benzene rings is 3. The number of rotatable bonds is 5. The summed E-state index contributed by atoms with van der Waals surface area (Å²) in [6, 6.07) is 19.3. The molecule has 160 valence electrons. The third kappa shape index (κ3) is 3.57. The SMILES string of the molecule is CCn1cc(/C=C2/Oc3c(ccc(OCc4ccc(Cl)cc4)c3C)C2=O)c2ccccc21. The van der Waals surface area contributed by atoms with Gasteiger partial charge in [0.1, 0.15) is 18.1 Å². The molecule has 4 nitrogen and oxygen atoms in total. The summed E-state index contributed by atoms with van der Waals surface area (Å²) >= 11 is 5.95. The maximum Gasteiger partial charge on any atom is 0.231 e. The number of aromatic nitrogens is 1. The molecule has 0 fully saturated rings. The largest absolute Gasteiger partial charge is 0.488 e. The Balaban J connectivity index is 1.43. The van der Waals surface area contributed by atoms with E-state index >= 15 is 0 Å². The molecule has 0 N–H and O–H groups in total. The highest BCUT2D eigenvalue weighted by molar-refractivity contribution is 6.30. The van der Waals surface area contributed by atoms with Crippen molar-refractivity contribution in [2.45, 2.75) is 27.0 Å². The normalized spacial score (nSPS) is 14.1. The van der Waals surface area contributed by atoms with E-state index in [1.807, 2.05) is 55.5 Å². The molecule has 1 aliphatic heterocycles. The average molecular weight is 444 g/mol. The smallest absolute Gasteiger partial charge is 0.231 e. The molecule has 0 amide bonds. The van der Waals surface area contributed by atoms with Gasteiger partial charge in [0.25, 0.3) is 0 Å². The monoisotopic (exact) mass is 443 g/mol. The fourth-order valence-electron chi connectivity index (χ4n) is 4.06. The maximum atomic E-state index is 13.0. The van der Waals surface area contributed by atoms with Gasteiger partial charge in [-0.25, -0.2) is 0 Å². The molecule has 0 bridgehead atoms. The van der Waals surface area contributed by atoms with E-state index in [9.17, 15) is 4.79 Å². The van der Waals surface area contributed by atoms with Crippen LogP contribution in [0.1, 0.15) is 34.0 Å². The van der Waals surface area contributed by atoms with Gasteiger partial charge in [-0.05, 0) is 55.8 Å². The van der Waals surface area contributed by atoms with E-state index in [4.69, 9.17) is 21.1 Å². The summed E-state index contributed by atoms with van der Waals surface area (Å²) in [6.45, 7) is 5.27. The number of halogens is 1. The fourth-order valence-corrected chi connectivity index (χ4v) is 4.19. The van der Waals surface area contributed by atoms with Gasteiger partial charge in [0.05, 0.1) is 5.56 Å². The summed E-state index contributed by atoms with van der Waals surface area (Å²) in [6.07, 6.45) is 3.90. The van der Waals surface area contributed by atoms with Crippen molar-refractivity contribution in [1.29, 1.82) is 0 Å². The Morgan fingerprint density at radius 3 is 2.62 bits per heavy atom. The summed E-state index contributed by atoms with van der Waals surface area (Å²) in [7, 11) is 0. The molecule has 5 rings (SSSR count). The summed E-state index contributed by atoms with van der Waals surface area (Å²) < 4.78 is 14.2. The first-order chi connectivity index (χ1) is 15.5. The minimum atomic E-state index is -0.110. The van der Waals surface area contributed by atoms with Crippen molar-refractivity contribution in [1.82, 2.24) is 4.57 Å². The number of allylic oxidation sites excluding steroid dienone is 1. The van der Waals surface area contributed by atoms with Crippen LogP contribution in [0.5, 0.6) is 11.5 Å². The first kappa shape index (κ1) is 20.4. The van der Waals surface area contributed by atoms with E-state index in [1.165, 1.54) is 0 Å². The quantitative estimate of drug-likeness (QED) is 0.318. The number of carbonyl (C=O) groups is 1. The molecule has 2 heterocycles. The molecule has 0 spiro atoms. The molecule has 32 heavy (non-hydrogen) atoms. The number of hydrogen-bond donors (Lipinski definition) is 0. The summed E-state index contributed by atoms with van der Waals surface area (Å²) in [4.78, 5) is 13.0. The Kier molecular flexibility index (Phi) is 5.24. The third-order valence-corrected chi connectivity index (χ3v) is 6.04. The van der Waals surface area contributed by atoms with E-state index < -0.39 is 0 Å². The number of Topliss-reactive ketones (excluding diaryl/α,β-unsaturated/α-hetero) is 1. The lowest BCUT2D eigenvalue weighted by molar-refractivity contribution is 0.101. The summed E-state index contributed by atoms with van der Waals surface area (Å²) in [5, 5.41) is 1.79.